The highest BCUT2D eigenvalue weighted by atomic mass is 19.1. The number of nitrogens with zero attached hydrogens (tertiary/aromatic N) is 2. The van der Waals surface area contributed by atoms with Crippen molar-refractivity contribution in [2.24, 2.45) is 0 Å². The van der Waals surface area contributed by atoms with Gasteiger partial charge in [0.15, 0.2) is 0 Å². The van der Waals surface area contributed by atoms with Gasteiger partial charge in [-0.1, -0.05) is 30.3 Å². The number of aryl methyl sites for hydroxylation is 1. The summed E-state index contributed by atoms with van der Waals surface area (Å²) in [6.45, 7) is 0.608. The lowest BCUT2D eigenvalue weighted by molar-refractivity contribution is 0.0980. The van der Waals surface area contributed by atoms with Gasteiger partial charge in [-0.3, -0.25) is 9.59 Å². The first-order valence-electron chi connectivity index (χ1n) is 9.05. The Morgan fingerprint density at radius 3 is 2.61 bits per heavy atom. The monoisotopic (exact) mass is 375 g/mol. The summed E-state index contributed by atoms with van der Waals surface area (Å²) in [4.78, 5) is 31.4. The molecule has 140 valence electrons. The second kappa shape index (κ2) is 7.60. The highest BCUT2D eigenvalue weighted by molar-refractivity contribution is 6.07. The first-order valence-corrected chi connectivity index (χ1v) is 9.05. The van der Waals surface area contributed by atoms with Gasteiger partial charge in [-0.25, -0.2) is 9.37 Å². The lowest BCUT2D eigenvalue weighted by Gasteiger charge is -2.29. The Morgan fingerprint density at radius 2 is 1.75 bits per heavy atom. The van der Waals surface area contributed by atoms with E-state index in [1.165, 1.54) is 24.3 Å². The number of rotatable bonds is 3. The van der Waals surface area contributed by atoms with Gasteiger partial charge in [0.1, 0.15) is 17.2 Å². The van der Waals surface area contributed by atoms with Gasteiger partial charge in [0.2, 0.25) is 0 Å². The van der Waals surface area contributed by atoms with Crippen molar-refractivity contribution in [2.45, 2.75) is 12.8 Å². The number of hydrogen-bond donors (Lipinski definition) is 1. The minimum atomic E-state index is -0.501. The first-order chi connectivity index (χ1) is 13.6. The lowest BCUT2D eigenvalue weighted by atomic mass is 10.0. The maximum atomic E-state index is 13.3. The van der Waals surface area contributed by atoms with Gasteiger partial charge < -0.3 is 10.2 Å². The van der Waals surface area contributed by atoms with Gasteiger partial charge in [-0.05, 0) is 54.8 Å². The molecular formula is C22H18FN3O2. The molecule has 0 saturated heterocycles. The summed E-state index contributed by atoms with van der Waals surface area (Å²) in [6.07, 6.45) is 1.81. The van der Waals surface area contributed by atoms with E-state index in [9.17, 15) is 14.0 Å². The average molecular weight is 375 g/mol. The molecule has 1 aliphatic heterocycles. The van der Waals surface area contributed by atoms with Crippen LogP contribution in [0.15, 0.2) is 66.7 Å². The van der Waals surface area contributed by atoms with Crippen molar-refractivity contribution in [3.8, 4) is 0 Å². The molecule has 4 rings (SSSR count). The van der Waals surface area contributed by atoms with Crippen LogP contribution in [0.5, 0.6) is 0 Å². The summed E-state index contributed by atoms with van der Waals surface area (Å²) in [6, 6.07) is 18.2. The van der Waals surface area contributed by atoms with Gasteiger partial charge >= 0.3 is 0 Å². The highest BCUT2D eigenvalue weighted by Gasteiger charge is 2.24. The lowest BCUT2D eigenvalue weighted by Crippen LogP contribution is -2.36. The number of anilines is 2. The van der Waals surface area contributed by atoms with E-state index in [2.05, 4.69) is 10.3 Å². The summed E-state index contributed by atoms with van der Waals surface area (Å²) in [7, 11) is 0. The molecule has 0 fully saturated rings. The molecule has 1 N–H and O–H groups in total. The van der Waals surface area contributed by atoms with Crippen molar-refractivity contribution in [1.82, 2.24) is 4.98 Å². The Balaban J connectivity index is 1.57. The van der Waals surface area contributed by atoms with Crippen LogP contribution in [-0.2, 0) is 6.42 Å². The molecule has 0 bridgehead atoms. The SMILES string of the molecule is O=C(Nc1cccc(F)c1)c1cccc(C(=O)N2CCCc3ccccc32)n1. The first kappa shape index (κ1) is 17.9. The number of nitrogens with one attached hydrogen (secondary N) is 1. The fourth-order valence-corrected chi connectivity index (χ4v) is 3.32. The number of aromatic nitrogens is 1. The standard InChI is InChI=1S/C22H18FN3O2/c23-16-8-3-9-17(14-16)24-21(27)18-10-4-11-19(25-18)22(28)26-13-5-7-15-6-1-2-12-20(15)26/h1-4,6,8-12,14H,5,7,13H2,(H,24,27). The zero-order valence-corrected chi connectivity index (χ0v) is 15.1. The van der Waals surface area contributed by atoms with E-state index in [-0.39, 0.29) is 17.3 Å². The normalized spacial score (nSPS) is 13.0. The Labute approximate surface area is 161 Å². The van der Waals surface area contributed by atoms with E-state index in [4.69, 9.17) is 0 Å². The molecule has 3 aromatic rings. The molecule has 2 amide bonds. The fraction of sp³-hybridized carbons (Fsp3) is 0.136. The van der Waals surface area contributed by atoms with Crippen molar-refractivity contribution in [3.05, 3.63) is 89.5 Å². The number of para-hydroxylation sites is 1. The minimum absolute atomic E-state index is 0.0976. The molecular weight excluding hydrogens is 357 g/mol. The van der Waals surface area contributed by atoms with Crippen molar-refractivity contribution in [3.63, 3.8) is 0 Å². The van der Waals surface area contributed by atoms with Crippen molar-refractivity contribution >= 4 is 23.2 Å². The molecule has 0 radical (unpaired) electrons. The number of hydrogen-bond acceptors (Lipinski definition) is 3. The molecule has 0 unspecified atom stereocenters. The third-order valence-corrected chi connectivity index (χ3v) is 4.64. The van der Waals surface area contributed by atoms with Gasteiger partial charge in [0.05, 0.1) is 0 Å². The van der Waals surface area contributed by atoms with Gasteiger partial charge in [0, 0.05) is 17.9 Å². The van der Waals surface area contributed by atoms with Crippen molar-refractivity contribution in [2.75, 3.05) is 16.8 Å². The molecule has 5 nitrogen and oxygen atoms in total. The molecule has 0 atom stereocenters. The van der Waals surface area contributed by atoms with Crippen LogP contribution in [0.1, 0.15) is 33.0 Å². The van der Waals surface area contributed by atoms with E-state index >= 15 is 0 Å². The molecule has 0 spiro atoms. The molecule has 2 heterocycles. The number of halogens is 1. The summed E-state index contributed by atoms with van der Waals surface area (Å²) < 4.78 is 13.3. The maximum absolute atomic E-state index is 13.3. The van der Waals surface area contributed by atoms with E-state index in [1.807, 2.05) is 24.3 Å². The fourth-order valence-electron chi connectivity index (χ4n) is 3.32. The Hall–Kier alpha value is -3.54. The third-order valence-electron chi connectivity index (χ3n) is 4.64. The molecule has 1 aliphatic rings. The van der Waals surface area contributed by atoms with Crippen LogP contribution < -0.4 is 10.2 Å². The number of carbonyl (C=O) groups is 2. The maximum Gasteiger partial charge on any atom is 0.276 e. The number of carbonyl (C=O) groups excluding carboxylic acids is 2. The smallest absolute Gasteiger partial charge is 0.276 e. The van der Waals surface area contributed by atoms with Crippen LogP contribution in [-0.4, -0.2) is 23.3 Å². The van der Waals surface area contributed by atoms with Crippen LogP contribution in [0.2, 0.25) is 0 Å². The van der Waals surface area contributed by atoms with Crippen LogP contribution in [0.4, 0.5) is 15.8 Å². The highest BCUT2D eigenvalue weighted by Crippen LogP contribution is 2.27. The Morgan fingerprint density at radius 1 is 0.964 bits per heavy atom. The average Bonchev–Trinajstić information content (AvgIpc) is 2.73. The summed E-state index contributed by atoms with van der Waals surface area (Å²) in [5.74, 6) is -1.19. The molecule has 2 aromatic carbocycles. The minimum Gasteiger partial charge on any atom is -0.321 e. The summed E-state index contributed by atoms with van der Waals surface area (Å²) in [5.41, 5.74) is 2.63. The Kier molecular flexibility index (Phi) is 4.85. The van der Waals surface area contributed by atoms with E-state index in [0.29, 0.717) is 12.2 Å². The summed E-state index contributed by atoms with van der Waals surface area (Å²) in [5, 5.41) is 2.59. The predicted molar refractivity (Wildman–Crippen MR) is 105 cm³/mol. The quantitative estimate of drug-likeness (QED) is 0.751. The molecule has 1 aromatic heterocycles. The van der Waals surface area contributed by atoms with Crippen LogP contribution in [0.25, 0.3) is 0 Å². The number of fused-ring (bicyclic) bond motifs is 1. The second-order valence-electron chi connectivity index (χ2n) is 6.56. The van der Waals surface area contributed by atoms with Crippen molar-refractivity contribution < 1.29 is 14.0 Å². The number of amides is 2. The van der Waals surface area contributed by atoms with Gasteiger partial charge in [-0.15, -0.1) is 0 Å². The van der Waals surface area contributed by atoms with Crippen LogP contribution in [0.3, 0.4) is 0 Å². The third kappa shape index (κ3) is 3.62. The summed E-state index contributed by atoms with van der Waals surface area (Å²) >= 11 is 0. The second-order valence-corrected chi connectivity index (χ2v) is 6.56. The van der Waals surface area contributed by atoms with Gasteiger partial charge in [-0.2, -0.15) is 0 Å². The molecule has 0 aliphatic carbocycles. The van der Waals surface area contributed by atoms with E-state index in [1.54, 1.807) is 23.1 Å². The van der Waals surface area contributed by atoms with E-state index < -0.39 is 11.7 Å². The topological polar surface area (TPSA) is 62.3 Å². The zero-order chi connectivity index (χ0) is 19.5. The molecule has 0 saturated carbocycles. The van der Waals surface area contributed by atoms with Crippen molar-refractivity contribution in [1.29, 1.82) is 0 Å². The Bertz CT molecular complexity index is 1050. The zero-order valence-electron chi connectivity index (χ0n) is 15.1. The molecule has 6 heteroatoms. The predicted octanol–water partition coefficient (Wildman–Crippen LogP) is 4.07. The van der Waals surface area contributed by atoms with E-state index in [0.717, 1.165) is 24.1 Å². The van der Waals surface area contributed by atoms with Crippen LogP contribution >= 0.6 is 0 Å². The largest absolute Gasteiger partial charge is 0.321 e. The number of benzene rings is 2. The molecule has 28 heavy (non-hydrogen) atoms. The van der Waals surface area contributed by atoms with Gasteiger partial charge in [0.25, 0.3) is 11.8 Å². The number of pyridine rings is 1. The van der Waals surface area contributed by atoms with Crippen LogP contribution in [0, 0.1) is 5.82 Å².